The van der Waals surface area contributed by atoms with Crippen molar-refractivity contribution in [3.8, 4) is 0 Å². The molecule has 0 aliphatic rings. The zero-order valence-electron chi connectivity index (χ0n) is 9.73. The van der Waals surface area contributed by atoms with E-state index in [4.69, 9.17) is 0 Å². The van der Waals surface area contributed by atoms with Gasteiger partial charge in [0.15, 0.2) is 0 Å². The lowest BCUT2D eigenvalue weighted by Gasteiger charge is -2.19. The fraction of sp³-hybridized carbons (Fsp3) is 0.727. The second kappa shape index (κ2) is 6.55. The number of hydrogen-bond donors (Lipinski definition) is 0. The van der Waals surface area contributed by atoms with E-state index in [0.717, 1.165) is 12.5 Å². The van der Waals surface area contributed by atoms with E-state index in [-0.39, 0.29) is 6.42 Å². The van der Waals surface area contributed by atoms with Gasteiger partial charge in [-0.3, -0.25) is 4.79 Å². The zero-order chi connectivity index (χ0) is 12.8. The molecule has 0 saturated carbocycles. The third kappa shape index (κ3) is 7.31. The molecule has 0 heterocycles. The smallest absolute Gasteiger partial charge is 0.395 e. The van der Waals surface area contributed by atoms with Crippen molar-refractivity contribution in [3.63, 3.8) is 0 Å². The first-order valence-electron chi connectivity index (χ1n) is 5.07. The van der Waals surface area contributed by atoms with Gasteiger partial charge in [0, 0.05) is 6.92 Å². The van der Waals surface area contributed by atoms with Gasteiger partial charge < -0.3 is 4.74 Å². The van der Waals surface area contributed by atoms with Gasteiger partial charge in [0.05, 0.1) is 5.92 Å². The molecule has 0 N–H and O–H groups in total. The molecule has 0 aliphatic carbocycles. The number of carbonyl (C=O) groups excluding carboxylic acids is 1. The van der Waals surface area contributed by atoms with Crippen molar-refractivity contribution in [3.05, 3.63) is 11.6 Å². The van der Waals surface area contributed by atoms with E-state index < -0.39 is 24.7 Å². The highest BCUT2D eigenvalue weighted by atomic mass is 19.4. The summed E-state index contributed by atoms with van der Waals surface area (Å²) < 4.78 is 41.9. The van der Waals surface area contributed by atoms with Crippen molar-refractivity contribution in [2.75, 3.05) is 6.61 Å². The highest BCUT2D eigenvalue weighted by Crippen LogP contribution is 2.30. The molecule has 0 aromatic carbocycles. The number of alkyl halides is 3. The molecule has 0 aliphatic heterocycles. The molecule has 0 aromatic rings. The maximum atomic E-state index is 12.5. The molecule has 0 fully saturated rings. The summed E-state index contributed by atoms with van der Waals surface area (Å²) in [6.07, 6.45) is -2.28. The van der Waals surface area contributed by atoms with Gasteiger partial charge in [-0.15, -0.1) is 0 Å². The van der Waals surface area contributed by atoms with E-state index in [9.17, 15) is 18.0 Å². The van der Waals surface area contributed by atoms with Gasteiger partial charge in [-0.25, -0.2) is 0 Å². The van der Waals surface area contributed by atoms with Crippen molar-refractivity contribution in [1.82, 2.24) is 0 Å². The monoisotopic (exact) mass is 238 g/mol. The highest BCUT2D eigenvalue weighted by Gasteiger charge is 2.39. The maximum Gasteiger partial charge on any atom is 0.395 e. The fourth-order valence-corrected chi connectivity index (χ4v) is 1.13. The van der Waals surface area contributed by atoms with Crippen molar-refractivity contribution < 1.29 is 22.7 Å². The van der Waals surface area contributed by atoms with Crippen LogP contribution in [0.15, 0.2) is 11.6 Å². The second-order valence-corrected chi connectivity index (χ2v) is 3.90. The first-order chi connectivity index (χ1) is 7.23. The first kappa shape index (κ1) is 15.0. The van der Waals surface area contributed by atoms with Crippen molar-refractivity contribution >= 4 is 5.97 Å². The number of esters is 1. The quantitative estimate of drug-likeness (QED) is 0.541. The lowest BCUT2D eigenvalue weighted by Crippen LogP contribution is -2.28. The van der Waals surface area contributed by atoms with Gasteiger partial charge >= 0.3 is 12.1 Å². The molecule has 0 spiro atoms. The largest absolute Gasteiger partial charge is 0.465 e. The molecule has 0 saturated heterocycles. The number of rotatable bonds is 5. The van der Waals surface area contributed by atoms with Crippen molar-refractivity contribution in [1.29, 1.82) is 0 Å². The van der Waals surface area contributed by atoms with E-state index in [1.165, 1.54) is 0 Å². The van der Waals surface area contributed by atoms with Crippen molar-refractivity contribution in [2.24, 2.45) is 5.92 Å². The molecule has 0 radical (unpaired) electrons. The number of carbonyl (C=O) groups is 1. The third-order valence-electron chi connectivity index (χ3n) is 2.02. The predicted octanol–water partition coefficient (Wildman–Crippen LogP) is 3.47. The average Bonchev–Trinajstić information content (AvgIpc) is 2.07. The van der Waals surface area contributed by atoms with E-state index in [1.54, 1.807) is 6.08 Å². The van der Waals surface area contributed by atoms with Crippen LogP contribution in [0.2, 0.25) is 0 Å². The summed E-state index contributed by atoms with van der Waals surface area (Å²) >= 11 is 0. The van der Waals surface area contributed by atoms with E-state index in [2.05, 4.69) is 4.74 Å². The molecule has 0 bridgehead atoms. The van der Waals surface area contributed by atoms with Gasteiger partial charge in [-0.05, 0) is 26.7 Å². The standard InChI is InChI=1S/C11H17F3O2/c1-8(2)5-4-6-10(11(12,13)14)7-16-9(3)15/h5,10H,4,6-7H2,1-3H3. The number of hydrogen-bond acceptors (Lipinski definition) is 2. The summed E-state index contributed by atoms with van der Waals surface area (Å²) in [5, 5.41) is 0. The Labute approximate surface area is 93.5 Å². The average molecular weight is 238 g/mol. The molecule has 16 heavy (non-hydrogen) atoms. The van der Waals surface area contributed by atoms with Crippen LogP contribution in [0.4, 0.5) is 13.2 Å². The lowest BCUT2D eigenvalue weighted by molar-refractivity contribution is -0.191. The molecule has 1 unspecified atom stereocenters. The predicted molar refractivity (Wildman–Crippen MR) is 54.8 cm³/mol. The van der Waals surface area contributed by atoms with Crippen LogP contribution in [0.5, 0.6) is 0 Å². The summed E-state index contributed by atoms with van der Waals surface area (Å²) in [6.45, 7) is 4.17. The Morgan fingerprint density at radius 1 is 1.31 bits per heavy atom. The Balaban J connectivity index is 4.22. The zero-order valence-corrected chi connectivity index (χ0v) is 9.73. The van der Waals surface area contributed by atoms with Gasteiger partial charge in [0.2, 0.25) is 0 Å². The molecular weight excluding hydrogens is 221 g/mol. The minimum Gasteiger partial charge on any atom is -0.465 e. The fourth-order valence-electron chi connectivity index (χ4n) is 1.13. The first-order valence-corrected chi connectivity index (χ1v) is 5.07. The summed E-state index contributed by atoms with van der Waals surface area (Å²) in [5.41, 5.74) is 0.980. The van der Waals surface area contributed by atoms with Crippen LogP contribution in [-0.2, 0) is 9.53 Å². The molecular formula is C11H17F3O2. The van der Waals surface area contributed by atoms with Gasteiger partial charge in [-0.2, -0.15) is 13.2 Å². The Bertz CT molecular complexity index is 252. The third-order valence-corrected chi connectivity index (χ3v) is 2.02. The van der Waals surface area contributed by atoms with Crippen LogP contribution >= 0.6 is 0 Å². The van der Waals surface area contributed by atoms with E-state index in [1.807, 2.05) is 13.8 Å². The number of ether oxygens (including phenoxy) is 1. The molecule has 0 amide bonds. The minimum atomic E-state index is -4.31. The Hall–Kier alpha value is -1.00. The van der Waals surface area contributed by atoms with Crippen LogP contribution in [0.3, 0.4) is 0 Å². The lowest BCUT2D eigenvalue weighted by atomic mass is 10.0. The summed E-state index contributed by atoms with van der Waals surface area (Å²) in [7, 11) is 0. The van der Waals surface area contributed by atoms with E-state index >= 15 is 0 Å². The minimum absolute atomic E-state index is 0.0536. The van der Waals surface area contributed by atoms with Gasteiger partial charge in [0.1, 0.15) is 6.61 Å². The molecule has 2 nitrogen and oxygen atoms in total. The van der Waals surface area contributed by atoms with Crippen LogP contribution in [0, 0.1) is 5.92 Å². The summed E-state index contributed by atoms with van der Waals surface area (Å²) in [5.74, 6) is -2.26. The molecule has 94 valence electrons. The summed E-state index contributed by atoms with van der Waals surface area (Å²) in [4.78, 5) is 10.5. The summed E-state index contributed by atoms with van der Waals surface area (Å²) in [6, 6.07) is 0. The van der Waals surface area contributed by atoms with Crippen molar-refractivity contribution in [2.45, 2.75) is 39.8 Å². The topological polar surface area (TPSA) is 26.3 Å². The molecule has 0 rings (SSSR count). The molecule has 5 heteroatoms. The highest BCUT2D eigenvalue weighted by molar-refractivity contribution is 5.65. The van der Waals surface area contributed by atoms with Crippen LogP contribution < -0.4 is 0 Å². The molecule has 0 aromatic heterocycles. The van der Waals surface area contributed by atoms with Gasteiger partial charge in [0.25, 0.3) is 0 Å². The SMILES string of the molecule is CC(=O)OCC(CCC=C(C)C)C(F)(F)F. The van der Waals surface area contributed by atoms with Gasteiger partial charge in [-0.1, -0.05) is 11.6 Å². The Morgan fingerprint density at radius 3 is 2.25 bits per heavy atom. The Morgan fingerprint density at radius 2 is 1.88 bits per heavy atom. The number of allylic oxidation sites excluding steroid dienone is 2. The van der Waals surface area contributed by atoms with Crippen LogP contribution in [-0.4, -0.2) is 18.8 Å². The maximum absolute atomic E-state index is 12.5. The molecule has 1 atom stereocenters. The Kier molecular flexibility index (Phi) is 6.14. The number of halogens is 3. The van der Waals surface area contributed by atoms with Crippen LogP contribution in [0.1, 0.15) is 33.6 Å². The normalized spacial score (nSPS) is 13.1. The second-order valence-electron chi connectivity index (χ2n) is 3.90. The van der Waals surface area contributed by atoms with Crippen LogP contribution in [0.25, 0.3) is 0 Å². The van der Waals surface area contributed by atoms with E-state index in [0.29, 0.717) is 6.42 Å².